The summed E-state index contributed by atoms with van der Waals surface area (Å²) in [6, 6.07) is 30.5. The maximum Gasteiger partial charge on any atom is 0.466 e. The number of aliphatic hydroxyl groups excluding tert-OH is 1. The van der Waals surface area contributed by atoms with E-state index in [2.05, 4.69) is 82.9 Å². The van der Waals surface area contributed by atoms with Crippen molar-refractivity contribution < 1.29 is 44.4 Å². The van der Waals surface area contributed by atoms with Crippen LogP contribution in [0.3, 0.4) is 0 Å². The van der Waals surface area contributed by atoms with E-state index in [4.69, 9.17) is 18.9 Å². The minimum atomic E-state index is -4.51. The van der Waals surface area contributed by atoms with Gasteiger partial charge in [0, 0.05) is 23.7 Å². The highest BCUT2D eigenvalue weighted by Gasteiger charge is 2.17. The van der Waals surface area contributed by atoms with Crippen molar-refractivity contribution in [3.8, 4) is 0 Å². The summed E-state index contributed by atoms with van der Waals surface area (Å²) in [6.07, 6.45) is 5.88. The number of benzene rings is 3. The van der Waals surface area contributed by atoms with Crippen LogP contribution in [-0.4, -0.2) is 66.9 Å². The molecule has 0 amide bonds. The topological polar surface area (TPSA) is 195 Å². The first-order chi connectivity index (χ1) is 25.0. The minimum Gasteiger partial charge on any atom is -0.397 e. The molecule has 0 unspecified atom stereocenters. The number of unbranched alkanes of at least 4 members (excludes halogenated alkanes) is 2. The van der Waals surface area contributed by atoms with Crippen LogP contribution < -0.4 is 5.90 Å². The molecular weight excluding hydrogens is 761 g/mol. The van der Waals surface area contributed by atoms with Gasteiger partial charge in [-0.2, -0.15) is 27.0 Å². The fourth-order valence-corrected chi connectivity index (χ4v) is 6.91. The van der Waals surface area contributed by atoms with Crippen LogP contribution >= 0.6 is 11.8 Å². The Bertz CT molecular complexity index is 1460. The molecule has 16 heteroatoms. The van der Waals surface area contributed by atoms with E-state index in [0.717, 1.165) is 11.5 Å². The molecule has 3 rings (SSSR count). The lowest BCUT2D eigenvalue weighted by Crippen LogP contribution is -2.14. The van der Waals surface area contributed by atoms with Gasteiger partial charge in [0.05, 0.1) is 6.10 Å². The number of thioether (sulfide) groups is 1. The van der Waals surface area contributed by atoms with Crippen LogP contribution in [0.2, 0.25) is 0 Å². The molecule has 0 atom stereocenters. The molecule has 0 saturated carbocycles. The smallest absolute Gasteiger partial charge is 0.397 e. The van der Waals surface area contributed by atoms with Crippen molar-refractivity contribution in [2.45, 2.75) is 97.8 Å². The molecule has 3 aromatic carbocycles. The summed E-state index contributed by atoms with van der Waals surface area (Å²) in [5.74, 6) is 8.15. The van der Waals surface area contributed by atoms with Crippen LogP contribution in [0, 0.1) is 6.92 Å². The maximum atomic E-state index is 10.2. The van der Waals surface area contributed by atoms with Crippen LogP contribution in [0.1, 0.15) is 85.3 Å². The predicted molar refractivity (Wildman–Crippen MR) is 223 cm³/mol. The standard InChI is InChI=1S/C15H25S.C8H9NO4S2.C7H8.C5H12O.C2H6O.H3NO4S/c1-3-5-12-16(13-6-4-2)14-15-10-8-7-9-11-15;1-7(9-13-15(10,11)12)14-8-5-3-2-4-6-8;1-7-5-3-2-4-6-7;1-4-6-5(2)3;1-2-3;1-5-6(2,3)4/h7-11H,3-6,12-14H2,1-2H3;2-6H,1H3,(H,10,11,12);2-6H,1H3;5H,4H2,1-3H3;3H,2H2,1H3;1H2,(H,2,3,4)/q+1;;;;;/b;9-7-;;;;. The number of oxime groups is 1. The highest BCUT2D eigenvalue weighted by molar-refractivity contribution is 8.13. The Morgan fingerprint density at radius 1 is 0.792 bits per heavy atom. The van der Waals surface area contributed by atoms with Gasteiger partial charge in [0.15, 0.2) is 0 Å². The van der Waals surface area contributed by atoms with Gasteiger partial charge in [-0.3, -0.25) is 9.11 Å². The normalized spacial score (nSPS) is 10.8. The fourth-order valence-electron chi connectivity index (χ4n) is 3.40. The minimum absolute atomic E-state index is 0.250. The fraction of sp³-hybridized carbons (Fsp3) is 0.486. The average Bonchev–Trinajstić information content (AvgIpc) is 3.10. The molecule has 0 aliphatic carbocycles. The van der Waals surface area contributed by atoms with E-state index in [-0.39, 0.29) is 6.61 Å². The third-order valence-corrected chi connectivity index (χ3v) is 9.48. The van der Waals surface area contributed by atoms with Gasteiger partial charge in [0.1, 0.15) is 22.3 Å². The summed E-state index contributed by atoms with van der Waals surface area (Å²) in [5.41, 5.74) is 2.85. The highest BCUT2D eigenvalue weighted by atomic mass is 32.3. The molecule has 0 spiro atoms. The Morgan fingerprint density at radius 2 is 1.21 bits per heavy atom. The number of aryl methyl sites for hydroxylation is 1. The summed E-state index contributed by atoms with van der Waals surface area (Å²) >= 11 is 1.23. The number of nitrogens with two attached hydrogens (primary N) is 1. The Labute approximate surface area is 327 Å². The number of nitrogens with zero attached hydrogens (tertiary/aromatic N) is 1. The van der Waals surface area contributed by atoms with Crippen molar-refractivity contribution in [2.24, 2.45) is 11.1 Å². The first-order valence-corrected chi connectivity index (χ1v) is 22.5. The number of ether oxygens (including phenoxy) is 1. The van der Waals surface area contributed by atoms with Gasteiger partial charge in [-0.1, -0.05) is 128 Å². The summed E-state index contributed by atoms with van der Waals surface area (Å²) in [7, 11) is -8.27. The molecule has 0 aliphatic rings. The molecule has 304 valence electrons. The van der Waals surface area contributed by atoms with E-state index in [0.29, 0.717) is 22.0 Å². The summed E-state index contributed by atoms with van der Waals surface area (Å²) in [6.45, 7) is 17.1. The lowest BCUT2D eigenvalue weighted by molar-refractivity contribution is 0.0899. The van der Waals surface area contributed by atoms with Crippen molar-refractivity contribution in [2.75, 3.05) is 24.7 Å². The lowest BCUT2D eigenvalue weighted by Gasteiger charge is -2.08. The van der Waals surface area contributed by atoms with Gasteiger partial charge >= 0.3 is 20.8 Å². The largest absolute Gasteiger partial charge is 0.466 e. The van der Waals surface area contributed by atoms with Gasteiger partial charge < -0.3 is 9.84 Å². The van der Waals surface area contributed by atoms with Gasteiger partial charge in [0.25, 0.3) is 0 Å². The van der Waals surface area contributed by atoms with E-state index in [9.17, 15) is 16.8 Å². The van der Waals surface area contributed by atoms with E-state index < -0.39 is 20.8 Å². The molecule has 0 heterocycles. The molecule has 3 aromatic rings. The molecular formula is C37H63N2O10S4+. The quantitative estimate of drug-likeness (QED) is 0.0303. The summed E-state index contributed by atoms with van der Waals surface area (Å²) < 4.78 is 66.4. The molecule has 0 bridgehead atoms. The van der Waals surface area contributed by atoms with Crippen LogP contribution in [0.4, 0.5) is 0 Å². The van der Waals surface area contributed by atoms with Crippen molar-refractivity contribution in [1.29, 1.82) is 0 Å². The Hall–Kier alpha value is -2.51. The molecule has 0 radical (unpaired) electrons. The molecule has 0 saturated heterocycles. The number of rotatable bonds is 14. The van der Waals surface area contributed by atoms with Crippen molar-refractivity contribution in [3.63, 3.8) is 0 Å². The first-order valence-electron chi connectivity index (χ1n) is 17.2. The maximum absolute atomic E-state index is 10.2. The van der Waals surface area contributed by atoms with E-state index in [1.807, 2.05) is 69.3 Å². The van der Waals surface area contributed by atoms with Gasteiger partial charge in [-0.15, -0.1) is 0 Å². The second kappa shape index (κ2) is 36.5. The zero-order chi connectivity index (χ0) is 41.0. The highest BCUT2D eigenvalue weighted by Crippen LogP contribution is 2.19. The van der Waals surface area contributed by atoms with Gasteiger partial charge in [-0.05, 0) is 77.4 Å². The molecule has 5 N–H and O–H groups in total. The molecule has 12 nitrogen and oxygen atoms in total. The number of hydrogen-bond acceptors (Lipinski definition) is 11. The lowest BCUT2D eigenvalue weighted by atomic mass is 10.2. The second-order valence-electron chi connectivity index (χ2n) is 10.9. The number of aliphatic hydroxyl groups is 1. The monoisotopic (exact) mass is 823 g/mol. The van der Waals surface area contributed by atoms with E-state index in [1.165, 1.54) is 65.8 Å². The van der Waals surface area contributed by atoms with Crippen LogP contribution in [0.15, 0.2) is 101 Å². The van der Waals surface area contributed by atoms with Crippen LogP contribution in [0.25, 0.3) is 0 Å². The SMILES string of the molecule is C/C(=N/OS(=O)(=O)O)Sc1ccccc1.CCCC[S+](CCCC)Cc1ccccc1.CCO.CCOC(C)C.Cc1ccccc1.NOS(=O)(=O)O. The third-order valence-electron chi connectivity index (χ3n) is 5.62. The second-order valence-corrected chi connectivity index (χ2v) is 16.5. The van der Waals surface area contributed by atoms with Crippen molar-refractivity contribution >= 4 is 48.5 Å². The zero-order valence-corrected chi connectivity index (χ0v) is 35.7. The van der Waals surface area contributed by atoms with Crippen LogP contribution in [0.5, 0.6) is 0 Å². The van der Waals surface area contributed by atoms with Crippen molar-refractivity contribution in [3.05, 3.63) is 102 Å². The van der Waals surface area contributed by atoms with Crippen molar-refractivity contribution in [1.82, 2.24) is 0 Å². The van der Waals surface area contributed by atoms with Crippen LogP contribution in [-0.2, 0) is 50.8 Å². The molecule has 0 aromatic heterocycles. The zero-order valence-electron chi connectivity index (χ0n) is 32.5. The Kier molecular flexibility index (Phi) is 37.7. The average molecular weight is 824 g/mol. The Balaban J connectivity index is -0.000000616. The van der Waals surface area contributed by atoms with Gasteiger partial charge in [0.2, 0.25) is 0 Å². The number of hydrogen-bond donors (Lipinski definition) is 4. The first kappa shape index (κ1) is 54.8. The molecule has 0 aliphatic heterocycles. The third kappa shape index (κ3) is 45.6. The molecule has 53 heavy (non-hydrogen) atoms. The van der Waals surface area contributed by atoms with Gasteiger partial charge in [-0.25, -0.2) is 4.28 Å². The molecule has 0 fully saturated rings. The predicted octanol–water partition coefficient (Wildman–Crippen LogP) is 8.44. The van der Waals surface area contributed by atoms with E-state index >= 15 is 0 Å². The summed E-state index contributed by atoms with van der Waals surface area (Å²) in [4.78, 5) is 0.901. The summed E-state index contributed by atoms with van der Waals surface area (Å²) in [5, 5.41) is 11.2. The Morgan fingerprint density at radius 3 is 1.51 bits per heavy atom. The van der Waals surface area contributed by atoms with E-state index in [1.54, 1.807) is 13.8 Å².